The third-order valence-corrected chi connectivity index (χ3v) is 1.97. The first-order chi connectivity index (χ1) is 7.09. The van der Waals surface area contributed by atoms with Gasteiger partial charge in [0, 0.05) is 11.5 Å². The van der Waals surface area contributed by atoms with Crippen molar-refractivity contribution < 1.29 is 18.8 Å². The molecule has 0 aliphatic rings. The van der Waals surface area contributed by atoms with Gasteiger partial charge in [0.15, 0.2) is 5.78 Å². The molecule has 4 nitrogen and oxygen atoms in total. The van der Waals surface area contributed by atoms with E-state index in [1.54, 1.807) is 24.3 Å². The van der Waals surface area contributed by atoms with Crippen LogP contribution in [-0.4, -0.2) is 10.7 Å². The lowest BCUT2D eigenvalue weighted by molar-refractivity contribution is -0.115. The topological polar surface area (TPSA) is 63.6 Å². The fourth-order valence-electron chi connectivity index (χ4n) is 0.977. The summed E-state index contributed by atoms with van der Waals surface area (Å²) in [6.07, 6.45) is 1.42. The average Bonchev–Trinajstić information content (AvgIpc) is 2.17. The van der Waals surface area contributed by atoms with Crippen LogP contribution in [0.15, 0.2) is 36.1 Å². The van der Waals surface area contributed by atoms with E-state index in [1.807, 2.05) is 6.07 Å². The third kappa shape index (κ3) is 4.02. The highest BCUT2D eigenvalue weighted by molar-refractivity contribution is 7.32. The first-order valence-electron chi connectivity index (χ1n) is 4.21. The summed E-state index contributed by atoms with van der Waals surface area (Å²) in [7, 11) is -2.81. The molecule has 5 heteroatoms. The van der Waals surface area contributed by atoms with Gasteiger partial charge >= 0.3 is 8.25 Å². The molecule has 0 amide bonds. The van der Waals surface area contributed by atoms with Crippen molar-refractivity contribution in [1.29, 1.82) is 0 Å². The molecule has 0 aliphatic carbocycles. The van der Waals surface area contributed by atoms with E-state index in [2.05, 4.69) is 4.52 Å². The number of hydrogen-bond acceptors (Lipinski definition) is 3. The standard InChI is InChI=1S/C10H9O4P/c1-8(11)10(14-15(12)13)7-9-5-3-2-4-6-9/h2-7H,1H3/p+1. The van der Waals surface area contributed by atoms with Crippen LogP contribution in [0, 0.1) is 0 Å². The lowest BCUT2D eigenvalue weighted by Crippen LogP contribution is -1.97. The van der Waals surface area contributed by atoms with Crippen molar-refractivity contribution in [3.63, 3.8) is 0 Å². The van der Waals surface area contributed by atoms with Crippen LogP contribution in [0.5, 0.6) is 0 Å². The number of hydrogen-bond donors (Lipinski definition) is 1. The van der Waals surface area contributed by atoms with E-state index in [9.17, 15) is 9.36 Å². The van der Waals surface area contributed by atoms with Gasteiger partial charge in [0.1, 0.15) is 0 Å². The van der Waals surface area contributed by atoms with E-state index in [0.717, 1.165) is 5.56 Å². The van der Waals surface area contributed by atoms with Gasteiger partial charge < -0.3 is 0 Å². The fraction of sp³-hybridized carbons (Fsp3) is 0.100. The minimum atomic E-state index is -2.81. The number of carbonyl (C=O) groups is 1. The van der Waals surface area contributed by atoms with Gasteiger partial charge in [-0.25, -0.2) is 4.52 Å². The summed E-state index contributed by atoms with van der Waals surface area (Å²) in [4.78, 5) is 19.6. The molecule has 1 unspecified atom stereocenters. The number of rotatable bonds is 4. The summed E-state index contributed by atoms with van der Waals surface area (Å²) in [5.74, 6) is -0.513. The zero-order valence-electron chi connectivity index (χ0n) is 8.08. The molecule has 1 rings (SSSR count). The highest BCUT2D eigenvalue weighted by Gasteiger charge is 2.20. The van der Waals surface area contributed by atoms with Crippen molar-refractivity contribution in [1.82, 2.24) is 0 Å². The van der Waals surface area contributed by atoms with Gasteiger partial charge in [-0.1, -0.05) is 30.3 Å². The maximum absolute atomic E-state index is 11.1. The highest BCUT2D eigenvalue weighted by atomic mass is 31.1. The summed E-state index contributed by atoms with van der Waals surface area (Å²) in [5.41, 5.74) is 0.736. The molecule has 0 saturated heterocycles. The van der Waals surface area contributed by atoms with Crippen LogP contribution in [0.1, 0.15) is 12.5 Å². The quantitative estimate of drug-likeness (QED) is 0.485. The Morgan fingerprint density at radius 2 is 2.00 bits per heavy atom. The van der Waals surface area contributed by atoms with Gasteiger partial charge in [-0.15, -0.1) is 4.89 Å². The second-order valence-electron chi connectivity index (χ2n) is 2.80. The Morgan fingerprint density at radius 3 is 2.47 bits per heavy atom. The van der Waals surface area contributed by atoms with E-state index in [1.165, 1.54) is 13.0 Å². The number of allylic oxidation sites excluding steroid dienone is 1. The molecule has 1 atom stereocenters. The van der Waals surface area contributed by atoms with E-state index in [-0.39, 0.29) is 5.76 Å². The molecule has 0 aromatic heterocycles. The molecule has 78 valence electrons. The van der Waals surface area contributed by atoms with E-state index in [4.69, 9.17) is 4.89 Å². The Kier molecular flexibility index (Phi) is 4.16. The predicted molar refractivity (Wildman–Crippen MR) is 56.0 cm³/mol. The molecule has 0 fully saturated rings. The predicted octanol–water partition coefficient (Wildman–Crippen LogP) is 2.28. The highest BCUT2D eigenvalue weighted by Crippen LogP contribution is 2.22. The van der Waals surface area contributed by atoms with Gasteiger partial charge in [-0.2, -0.15) is 0 Å². The smallest absolute Gasteiger partial charge is 0.291 e. The SMILES string of the molecule is CC(=O)C(=Cc1ccccc1)O[P+](=O)O. The van der Waals surface area contributed by atoms with Crippen LogP contribution < -0.4 is 0 Å². The minimum Gasteiger partial charge on any atom is -0.291 e. The summed E-state index contributed by atoms with van der Waals surface area (Å²) >= 11 is 0. The Labute approximate surface area is 88.1 Å². The van der Waals surface area contributed by atoms with Crippen LogP contribution >= 0.6 is 8.25 Å². The zero-order chi connectivity index (χ0) is 11.3. The third-order valence-electron chi connectivity index (χ3n) is 1.62. The van der Waals surface area contributed by atoms with Crippen LogP contribution in [-0.2, 0) is 13.9 Å². The summed E-state index contributed by atoms with van der Waals surface area (Å²) in [6.45, 7) is 1.27. The lowest BCUT2D eigenvalue weighted by Gasteiger charge is -1.94. The van der Waals surface area contributed by atoms with E-state index in [0.29, 0.717) is 0 Å². The molecule has 0 radical (unpaired) electrons. The Morgan fingerprint density at radius 1 is 1.40 bits per heavy atom. The van der Waals surface area contributed by atoms with Crippen molar-refractivity contribution in [2.24, 2.45) is 0 Å². The maximum atomic E-state index is 11.1. The average molecular weight is 225 g/mol. The maximum Gasteiger partial charge on any atom is 0.747 e. The van der Waals surface area contributed by atoms with Gasteiger partial charge in [0.2, 0.25) is 5.76 Å². The van der Waals surface area contributed by atoms with Crippen molar-refractivity contribution in [3.8, 4) is 0 Å². The van der Waals surface area contributed by atoms with Gasteiger partial charge in [-0.3, -0.25) is 4.79 Å². The molecule has 15 heavy (non-hydrogen) atoms. The first kappa shape index (κ1) is 11.6. The Hall–Kier alpha value is -1.51. The van der Waals surface area contributed by atoms with Crippen LogP contribution in [0.4, 0.5) is 0 Å². The number of Topliss-reactive ketones (excluding diaryl/α,β-unsaturated/α-hetero) is 1. The molecular formula is C10H10O4P+. The molecule has 1 N–H and O–H groups in total. The molecule has 1 aromatic rings. The van der Waals surface area contributed by atoms with E-state index < -0.39 is 14.0 Å². The minimum absolute atomic E-state index is 0.121. The summed E-state index contributed by atoms with van der Waals surface area (Å²) in [5, 5.41) is 0. The molecule has 0 saturated carbocycles. The molecular weight excluding hydrogens is 215 g/mol. The fourth-order valence-corrected chi connectivity index (χ4v) is 1.33. The largest absolute Gasteiger partial charge is 0.747 e. The van der Waals surface area contributed by atoms with Crippen molar-refractivity contribution >= 4 is 20.1 Å². The van der Waals surface area contributed by atoms with Gasteiger partial charge in [0.25, 0.3) is 0 Å². The van der Waals surface area contributed by atoms with Crippen LogP contribution in [0.2, 0.25) is 0 Å². The first-order valence-corrected chi connectivity index (χ1v) is 5.34. The second kappa shape index (κ2) is 5.39. The Balaban J connectivity index is 2.94. The molecule has 0 heterocycles. The van der Waals surface area contributed by atoms with E-state index >= 15 is 0 Å². The molecule has 0 aliphatic heterocycles. The summed E-state index contributed by atoms with van der Waals surface area (Å²) in [6, 6.07) is 8.94. The number of benzene rings is 1. The number of ketones is 1. The zero-order valence-corrected chi connectivity index (χ0v) is 8.98. The van der Waals surface area contributed by atoms with Gasteiger partial charge in [-0.05, 0) is 11.6 Å². The second-order valence-corrected chi connectivity index (χ2v) is 3.46. The van der Waals surface area contributed by atoms with Crippen molar-refractivity contribution in [2.45, 2.75) is 6.92 Å². The van der Waals surface area contributed by atoms with Crippen LogP contribution in [0.3, 0.4) is 0 Å². The van der Waals surface area contributed by atoms with Crippen molar-refractivity contribution in [3.05, 3.63) is 41.7 Å². The molecule has 0 bridgehead atoms. The number of carbonyl (C=O) groups excluding carboxylic acids is 1. The van der Waals surface area contributed by atoms with Crippen molar-refractivity contribution in [2.75, 3.05) is 0 Å². The molecule has 1 aromatic carbocycles. The Bertz CT molecular complexity index is 397. The lowest BCUT2D eigenvalue weighted by atomic mass is 10.2. The molecule has 0 spiro atoms. The summed E-state index contributed by atoms with van der Waals surface area (Å²) < 4.78 is 14.9. The van der Waals surface area contributed by atoms with Gasteiger partial charge in [0.05, 0.1) is 0 Å². The normalized spacial score (nSPS) is 12.1. The monoisotopic (exact) mass is 225 g/mol. The van der Waals surface area contributed by atoms with Crippen LogP contribution in [0.25, 0.3) is 6.08 Å².